The first-order valence-electron chi connectivity index (χ1n) is 10.8. The summed E-state index contributed by atoms with van der Waals surface area (Å²) < 4.78 is 18.9. The van der Waals surface area contributed by atoms with Crippen LogP contribution in [0.4, 0.5) is 4.39 Å². The molecule has 3 saturated carbocycles. The molecule has 31 heavy (non-hydrogen) atoms. The van der Waals surface area contributed by atoms with E-state index in [-0.39, 0.29) is 40.0 Å². The molecule has 3 fully saturated rings. The summed E-state index contributed by atoms with van der Waals surface area (Å²) >= 11 is 5.65. The highest BCUT2D eigenvalue weighted by molar-refractivity contribution is 6.30. The van der Waals surface area contributed by atoms with E-state index in [0.717, 1.165) is 38.5 Å². The van der Waals surface area contributed by atoms with E-state index in [2.05, 4.69) is 10.3 Å². The number of carbonyl (C=O) groups excluding carboxylic acids is 2. The lowest BCUT2D eigenvalue weighted by Crippen LogP contribution is -2.75. The summed E-state index contributed by atoms with van der Waals surface area (Å²) in [6, 6.07) is 6.06. The van der Waals surface area contributed by atoms with E-state index in [1.165, 1.54) is 29.7 Å². The van der Waals surface area contributed by atoms with Crippen LogP contribution in [-0.2, 0) is 17.6 Å². The highest BCUT2D eigenvalue weighted by atomic mass is 35.5. The Balaban J connectivity index is 1.10. The maximum atomic E-state index is 13.5. The second kappa shape index (κ2) is 7.59. The number of nitrogens with one attached hydrogen (secondary N) is 1. The van der Waals surface area contributed by atoms with Crippen molar-refractivity contribution in [3.8, 4) is 5.75 Å². The average molecular weight is 443 g/mol. The molecular weight excluding hydrogens is 419 g/mol. The molecule has 5 nitrogen and oxygen atoms in total. The Hall–Kier alpha value is -2.47. The molecular formula is C24H24ClFN2O3. The molecule has 1 amide bonds. The van der Waals surface area contributed by atoms with Crippen molar-refractivity contribution < 1.29 is 18.7 Å². The second-order valence-corrected chi connectivity index (χ2v) is 9.80. The first kappa shape index (κ1) is 20.4. The minimum atomic E-state index is -0.572. The van der Waals surface area contributed by atoms with Gasteiger partial charge in [-0.25, -0.2) is 4.39 Å². The van der Waals surface area contributed by atoms with Crippen LogP contribution in [-0.4, -0.2) is 28.8 Å². The van der Waals surface area contributed by atoms with Crippen molar-refractivity contribution in [1.29, 1.82) is 0 Å². The van der Waals surface area contributed by atoms with E-state index >= 15 is 0 Å². The molecule has 1 N–H and O–H groups in total. The number of pyridine rings is 1. The Kier molecular flexibility index (Phi) is 5.00. The molecule has 4 aliphatic rings. The number of halogens is 2. The van der Waals surface area contributed by atoms with Crippen LogP contribution in [0.2, 0.25) is 5.02 Å². The molecule has 0 saturated heterocycles. The number of nitrogens with zero attached hydrogens (tertiary/aromatic N) is 1. The molecule has 0 spiro atoms. The summed E-state index contributed by atoms with van der Waals surface area (Å²) in [5.74, 6) is -0.432. The van der Waals surface area contributed by atoms with E-state index in [1.807, 2.05) is 12.3 Å². The number of hydrogen-bond acceptors (Lipinski definition) is 4. The molecule has 6 rings (SSSR count). The summed E-state index contributed by atoms with van der Waals surface area (Å²) in [7, 11) is 0. The number of aromatic nitrogens is 1. The SMILES string of the molecule is O=C(COc1ccc(Cl)c(F)c1)CC12CC(NC(=O)c3cc4c(cn3)CCCC4)(C1)C2. The zero-order chi connectivity index (χ0) is 21.6. The third-order valence-electron chi connectivity index (χ3n) is 6.84. The highest BCUT2D eigenvalue weighted by Crippen LogP contribution is 2.69. The lowest BCUT2D eigenvalue weighted by molar-refractivity contribution is -0.162. The summed E-state index contributed by atoms with van der Waals surface area (Å²) in [6.45, 7) is -0.0960. The summed E-state index contributed by atoms with van der Waals surface area (Å²) in [5, 5.41) is 3.17. The maximum absolute atomic E-state index is 13.5. The number of fused-ring (bicyclic) bond motifs is 1. The van der Waals surface area contributed by atoms with Crippen LogP contribution >= 0.6 is 11.6 Å². The van der Waals surface area contributed by atoms with Gasteiger partial charge in [0, 0.05) is 24.2 Å². The number of rotatable bonds is 7. The van der Waals surface area contributed by atoms with Gasteiger partial charge in [-0.3, -0.25) is 14.6 Å². The van der Waals surface area contributed by atoms with Crippen LogP contribution in [0, 0.1) is 11.2 Å². The van der Waals surface area contributed by atoms with Crippen molar-refractivity contribution in [2.45, 2.75) is 56.9 Å². The molecule has 7 heteroatoms. The molecule has 0 radical (unpaired) electrons. The van der Waals surface area contributed by atoms with E-state index in [4.69, 9.17) is 16.3 Å². The van der Waals surface area contributed by atoms with Gasteiger partial charge < -0.3 is 10.1 Å². The van der Waals surface area contributed by atoms with Gasteiger partial charge in [-0.2, -0.15) is 0 Å². The number of hydrogen-bond donors (Lipinski definition) is 1. The smallest absolute Gasteiger partial charge is 0.270 e. The van der Waals surface area contributed by atoms with Gasteiger partial charge in [0.25, 0.3) is 5.91 Å². The quantitative estimate of drug-likeness (QED) is 0.688. The van der Waals surface area contributed by atoms with E-state index in [0.29, 0.717) is 12.1 Å². The van der Waals surface area contributed by atoms with Gasteiger partial charge in [-0.15, -0.1) is 0 Å². The summed E-state index contributed by atoms with van der Waals surface area (Å²) in [4.78, 5) is 29.4. The van der Waals surface area contributed by atoms with Crippen molar-refractivity contribution in [3.05, 3.63) is 58.1 Å². The van der Waals surface area contributed by atoms with Crippen LogP contribution < -0.4 is 10.1 Å². The number of aryl methyl sites for hydroxylation is 2. The second-order valence-electron chi connectivity index (χ2n) is 9.39. The van der Waals surface area contributed by atoms with Gasteiger partial charge in [0.05, 0.1) is 5.02 Å². The van der Waals surface area contributed by atoms with Crippen LogP contribution in [0.5, 0.6) is 5.75 Å². The fraction of sp³-hybridized carbons (Fsp3) is 0.458. The molecule has 1 heterocycles. The Bertz CT molecular complexity index is 1050. The number of benzene rings is 1. The van der Waals surface area contributed by atoms with Gasteiger partial charge in [-0.1, -0.05) is 11.6 Å². The molecule has 0 atom stereocenters. The number of carbonyl (C=O) groups is 2. The van der Waals surface area contributed by atoms with Crippen LogP contribution in [0.15, 0.2) is 30.5 Å². The molecule has 0 aliphatic heterocycles. The fourth-order valence-corrected chi connectivity index (χ4v) is 5.68. The fourth-order valence-electron chi connectivity index (χ4n) is 5.56. The van der Waals surface area contributed by atoms with Gasteiger partial charge in [-0.05, 0) is 79.7 Å². The Labute approximate surface area is 185 Å². The predicted molar refractivity (Wildman–Crippen MR) is 114 cm³/mol. The van der Waals surface area contributed by atoms with E-state index in [1.54, 1.807) is 6.07 Å². The first-order chi connectivity index (χ1) is 14.9. The van der Waals surface area contributed by atoms with Gasteiger partial charge in [0.1, 0.15) is 23.9 Å². The molecule has 2 aromatic rings. The molecule has 162 valence electrons. The standard InChI is InChI=1S/C24H24ClFN2O3/c25-19-6-5-18(8-20(19)26)31-11-17(29)9-23-12-24(13-23,14-23)28-22(30)21-7-15-3-1-2-4-16(15)10-27-21/h5-8,10H,1-4,9,11-14H2,(H,28,30). The number of Topliss-reactive ketones (excluding diaryl/α,β-unsaturated/α-hetero) is 1. The normalized spacial score (nSPS) is 25.6. The van der Waals surface area contributed by atoms with Crippen molar-refractivity contribution in [3.63, 3.8) is 0 Å². The average Bonchev–Trinajstić information content (AvgIpc) is 2.71. The molecule has 1 aromatic carbocycles. The predicted octanol–water partition coefficient (Wildman–Crippen LogP) is 4.44. The molecule has 0 unspecified atom stereocenters. The molecule has 4 aliphatic carbocycles. The van der Waals surface area contributed by atoms with E-state index in [9.17, 15) is 14.0 Å². The summed E-state index contributed by atoms with van der Waals surface area (Å²) in [5.41, 5.74) is 2.75. The number of amides is 1. The Morgan fingerprint density at radius 2 is 1.87 bits per heavy atom. The maximum Gasteiger partial charge on any atom is 0.270 e. The van der Waals surface area contributed by atoms with Crippen molar-refractivity contribution in [2.24, 2.45) is 5.41 Å². The minimum absolute atomic E-state index is 0.0190. The summed E-state index contributed by atoms with van der Waals surface area (Å²) in [6.07, 6.45) is 9.07. The largest absolute Gasteiger partial charge is 0.486 e. The topological polar surface area (TPSA) is 68.3 Å². The van der Waals surface area contributed by atoms with Crippen molar-refractivity contribution in [2.75, 3.05) is 6.61 Å². The number of ketones is 1. The monoisotopic (exact) mass is 442 g/mol. The third-order valence-corrected chi connectivity index (χ3v) is 7.15. The van der Waals surface area contributed by atoms with Gasteiger partial charge >= 0.3 is 0 Å². The van der Waals surface area contributed by atoms with Gasteiger partial charge in [0.2, 0.25) is 0 Å². The third kappa shape index (κ3) is 3.93. The molecule has 2 bridgehead atoms. The number of ether oxygens (including phenoxy) is 1. The zero-order valence-corrected chi connectivity index (χ0v) is 17.9. The minimum Gasteiger partial charge on any atom is -0.486 e. The lowest BCUT2D eigenvalue weighted by atomic mass is 9.38. The Morgan fingerprint density at radius 3 is 2.61 bits per heavy atom. The van der Waals surface area contributed by atoms with Crippen molar-refractivity contribution >= 4 is 23.3 Å². The van der Waals surface area contributed by atoms with Gasteiger partial charge in [0.15, 0.2) is 5.78 Å². The van der Waals surface area contributed by atoms with E-state index < -0.39 is 5.82 Å². The van der Waals surface area contributed by atoms with Crippen LogP contribution in [0.1, 0.15) is 60.1 Å². The zero-order valence-electron chi connectivity index (χ0n) is 17.2. The van der Waals surface area contributed by atoms with Crippen LogP contribution in [0.25, 0.3) is 0 Å². The Morgan fingerprint density at radius 1 is 1.13 bits per heavy atom. The first-order valence-corrected chi connectivity index (χ1v) is 11.1. The van der Waals surface area contributed by atoms with Crippen LogP contribution in [0.3, 0.4) is 0 Å². The van der Waals surface area contributed by atoms with Crippen molar-refractivity contribution in [1.82, 2.24) is 10.3 Å². The lowest BCUT2D eigenvalue weighted by Gasteiger charge is -2.70. The highest BCUT2D eigenvalue weighted by Gasteiger charge is 2.68. The molecule has 1 aromatic heterocycles.